The first-order chi connectivity index (χ1) is 6.41. The summed E-state index contributed by atoms with van der Waals surface area (Å²) in [6.07, 6.45) is 2.13. The normalized spacial score (nSPS) is 25.1. The summed E-state index contributed by atoms with van der Waals surface area (Å²) < 4.78 is 0. The van der Waals surface area contributed by atoms with Crippen LogP contribution in [-0.2, 0) is 4.79 Å². The molecule has 14 heavy (non-hydrogen) atoms. The Morgan fingerprint density at radius 2 is 2.36 bits per heavy atom. The molecule has 1 aliphatic heterocycles. The maximum atomic E-state index is 11.2. The molecule has 1 amide bonds. The molecule has 5 N–H and O–H groups in total. The number of guanidine groups is 1. The number of aliphatic imine (C=N–C) groups is 1. The molecule has 0 saturated carbocycles. The van der Waals surface area contributed by atoms with Crippen molar-refractivity contribution in [1.29, 1.82) is 0 Å². The van der Waals surface area contributed by atoms with Crippen molar-refractivity contribution in [3.8, 4) is 0 Å². The lowest BCUT2D eigenvalue weighted by Gasteiger charge is -2.20. The Labute approximate surface area is 91.1 Å². The van der Waals surface area contributed by atoms with E-state index in [4.69, 9.17) is 34.7 Å². The van der Waals surface area contributed by atoms with E-state index in [9.17, 15) is 4.79 Å². The SMILES string of the molecule is NC(N)=NC(=O)CC1(Cl)CC=C(Cl)N1. The monoisotopic (exact) mass is 236 g/mol. The number of rotatable bonds is 2. The van der Waals surface area contributed by atoms with Gasteiger partial charge in [-0.2, -0.15) is 4.99 Å². The molecule has 0 spiro atoms. The molecule has 0 aromatic rings. The Morgan fingerprint density at radius 1 is 1.71 bits per heavy atom. The van der Waals surface area contributed by atoms with Crippen LogP contribution in [0.2, 0.25) is 0 Å². The van der Waals surface area contributed by atoms with Crippen LogP contribution in [0.25, 0.3) is 0 Å². The summed E-state index contributed by atoms with van der Waals surface area (Å²) in [4.78, 5) is 13.6. The van der Waals surface area contributed by atoms with Crippen molar-refractivity contribution in [2.75, 3.05) is 0 Å². The fourth-order valence-corrected chi connectivity index (χ4v) is 1.71. The molecule has 0 radical (unpaired) electrons. The fourth-order valence-electron chi connectivity index (χ4n) is 1.11. The van der Waals surface area contributed by atoms with Crippen molar-refractivity contribution in [2.24, 2.45) is 16.5 Å². The molecule has 78 valence electrons. The van der Waals surface area contributed by atoms with Crippen molar-refractivity contribution in [3.63, 3.8) is 0 Å². The van der Waals surface area contributed by atoms with Crippen LogP contribution in [-0.4, -0.2) is 16.9 Å². The van der Waals surface area contributed by atoms with Gasteiger partial charge in [-0.15, -0.1) is 0 Å². The van der Waals surface area contributed by atoms with E-state index in [0.29, 0.717) is 11.6 Å². The lowest BCUT2D eigenvalue weighted by Crippen LogP contribution is -2.36. The van der Waals surface area contributed by atoms with Gasteiger partial charge in [0, 0.05) is 6.42 Å². The van der Waals surface area contributed by atoms with Crippen LogP contribution in [0.4, 0.5) is 0 Å². The standard InChI is InChI=1S/C7H10Cl2N4O/c8-4-1-2-7(9,13-4)3-5(14)12-6(10)11/h1,13H,2-3H2,(H4,10,11,12,14). The van der Waals surface area contributed by atoms with E-state index < -0.39 is 10.9 Å². The predicted molar refractivity (Wildman–Crippen MR) is 55.7 cm³/mol. The molecule has 1 aliphatic rings. The van der Waals surface area contributed by atoms with E-state index in [-0.39, 0.29) is 12.4 Å². The van der Waals surface area contributed by atoms with Gasteiger partial charge < -0.3 is 16.8 Å². The molecule has 0 bridgehead atoms. The Bertz CT molecular complexity index is 311. The van der Waals surface area contributed by atoms with Crippen LogP contribution in [0.15, 0.2) is 16.2 Å². The summed E-state index contributed by atoms with van der Waals surface area (Å²) >= 11 is 11.7. The second kappa shape index (κ2) is 4.06. The third-order valence-electron chi connectivity index (χ3n) is 1.63. The molecule has 1 atom stereocenters. The first-order valence-electron chi connectivity index (χ1n) is 3.86. The molecular weight excluding hydrogens is 227 g/mol. The van der Waals surface area contributed by atoms with Gasteiger partial charge in [0.25, 0.3) is 5.91 Å². The number of nitrogens with zero attached hydrogens (tertiary/aromatic N) is 1. The van der Waals surface area contributed by atoms with Crippen molar-refractivity contribution in [2.45, 2.75) is 17.8 Å². The highest BCUT2D eigenvalue weighted by Gasteiger charge is 2.33. The number of hydrogen-bond acceptors (Lipinski definition) is 2. The summed E-state index contributed by atoms with van der Waals surface area (Å²) in [5.74, 6) is -0.750. The smallest absolute Gasteiger partial charge is 0.252 e. The maximum Gasteiger partial charge on any atom is 0.252 e. The van der Waals surface area contributed by atoms with Crippen LogP contribution in [0.5, 0.6) is 0 Å². The zero-order valence-electron chi connectivity index (χ0n) is 7.26. The van der Waals surface area contributed by atoms with Crippen LogP contribution < -0.4 is 16.8 Å². The molecule has 5 nitrogen and oxygen atoms in total. The second-order valence-electron chi connectivity index (χ2n) is 2.95. The van der Waals surface area contributed by atoms with E-state index >= 15 is 0 Å². The van der Waals surface area contributed by atoms with Gasteiger partial charge in [-0.1, -0.05) is 23.2 Å². The van der Waals surface area contributed by atoms with E-state index in [1.54, 1.807) is 6.08 Å². The maximum absolute atomic E-state index is 11.2. The average molecular weight is 237 g/mol. The molecule has 0 aliphatic carbocycles. The molecule has 1 heterocycles. The number of nitrogens with two attached hydrogens (primary N) is 2. The number of amides is 1. The van der Waals surface area contributed by atoms with Crippen LogP contribution in [0.3, 0.4) is 0 Å². The highest BCUT2D eigenvalue weighted by atomic mass is 35.5. The lowest BCUT2D eigenvalue weighted by molar-refractivity contribution is -0.118. The van der Waals surface area contributed by atoms with Gasteiger partial charge in [0.05, 0.1) is 11.6 Å². The summed E-state index contributed by atoms with van der Waals surface area (Å²) in [6, 6.07) is 0. The first-order valence-corrected chi connectivity index (χ1v) is 4.62. The average Bonchev–Trinajstić information content (AvgIpc) is 2.28. The van der Waals surface area contributed by atoms with E-state index in [0.717, 1.165) is 0 Å². The first kappa shape index (κ1) is 11.1. The zero-order chi connectivity index (χ0) is 10.8. The van der Waals surface area contributed by atoms with Crippen molar-refractivity contribution in [3.05, 3.63) is 11.2 Å². The van der Waals surface area contributed by atoms with E-state index in [2.05, 4.69) is 10.3 Å². The summed E-state index contributed by atoms with van der Waals surface area (Å²) in [7, 11) is 0. The molecule has 0 fully saturated rings. The Kier molecular flexibility index (Phi) is 3.23. The second-order valence-corrected chi connectivity index (χ2v) is 4.08. The highest BCUT2D eigenvalue weighted by Crippen LogP contribution is 2.30. The van der Waals surface area contributed by atoms with Crippen molar-refractivity contribution in [1.82, 2.24) is 5.32 Å². The minimum absolute atomic E-state index is 0.0147. The number of carbonyl (C=O) groups excluding carboxylic acids is 1. The van der Waals surface area contributed by atoms with Crippen LogP contribution in [0.1, 0.15) is 12.8 Å². The molecule has 1 unspecified atom stereocenters. The molecule has 0 saturated heterocycles. The number of carbonyl (C=O) groups is 1. The predicted octanol–water partition coefficient (Wildman–Crippen LogP) is 0.185. The molecule has 0 aromatic carbocycles. The Morgan fingerprint density at radius 3 is 2.79 bits per heavy atom. The Hall–Kier alpha value is -0.940. The quantitative estimate of drug-likeness (QED) is 0.276. The summed E-state index contributed by atoms with van der Waals surface area (Å²) in [6.45, 7) is 0. The number of nitrogens with one attached hydrogen (secondary N) is 1. The largest absolute Gasteiger partial charge is 0.370 e. The van der Waals surface area contributed by atoms with Crippen LogP contribution in [0, 0.1) is 0 Å². The third-order valence-corrected chi connectivity index (χ3v) is 2.26. The van der Waals surface area contributed by atoms with Gasteiger partial charge in [0.15, 0.2) is 5.96 Å². The third kappa shape index (κ3) is 3.08. The fraction of sp³-hybridized carbons (Fsp3) is 0.429. The lowest BCUT2D eigenvalue weighted by atomic mass is 10.1. The van der Waals surface area contributed by atoms with Gasteiger partial charge in [-0.3, -0.25) is 4.79 Å². The van der Waals surface area contributed by atoms with Gasteiger partial charge >= 0.3 is 0 Å². The molecular formula is C7H10Cl2N4O. The minimum atomic E-state index is -0.896. The van der Waals surface area contributed by atoms with Gasteiger partial charge in [-0.25, -0.2) is 0 Å². The molecule has 1 rings (SSSR count). The van der Waals surface area contributed by atoms with Crippen molar-refractivity contribution >= 4 is 35.1 Å². The summed E-state index contributed by atoms with van der Waals surface area (Å²) in [5.41, 5.74) is 10.1. The minimum Gasteiger partial charge on any atom is -0.370 e. The number of halogens is 2. The van der Waals surface area contributed by atoms with E-state index in [1.807, 2.05) is 0 Å². The van der Waals surface area contributed by atoms with Gasteiger partial charge in [0.2, 0.25) is 0 Å². The number of hydrogen-bond donors (Lipinski definition) is 3. The summed E-state index contributed by atoms with van der Waals surface area (Å²) in [5, 5.41) is 3.18. The topological polar surface area (TPSA) is 93.5 Å². The Balaban J connectivity index is 2.54. The van der Waals surface area contributed by atoms with Crippen molar-refractivity contribution < 1.29 is 4.79 Å². The van der Waals surface area contributed by atoms with Gasteiger partial charge in [-0.05, 0) is 6.08 Å². The molecule has 7 heteroatoms. The number of alkyl halides is 1. The van der Waals surface area contributed by atoms with Gasteiger partial charge in [0.1, 0.15) is 5.00 Å². The zero-order valence-corrected chi connectivity index (χ0v) is 8.77. The van der Waals surface area contributed by atoms with E-state index in [1.165, 1.54) is 0 Å². The van der Waals surface area contributed by atoms with Crippen LogP contribution >= 0.6 is 23.2 Å². The highest BCUT2D eigenvalue weighted by molar-refractivity contribution is 6.32. The molecule has 0 aromatic heterocycles.